The van der Waals surface area contributed by atoms with Gasteiger partial charge in [0.15, 0.2) is 0 Å². The Labute approximate surface area is 190 Å². The van der Waals surface area contributed by atoms with Crippen LogP contribution in [0.25, 0.3) is 10.8 Å². The fourth-order valence-corrected chi connectivity index (χ4v) is 4.61. The topological polar surface area (TPSA) is 124 Å². The Bertz CT molecular complexity index is 1090. The Balaban J connectivity index is 1.79. The summed E-state index contributed by atoms with van der Waals surface area (Å²) in [5, 5.41) is 19.3. The number of rotatable bonds is 9. The van der Waals surface area contributed by atoms with Crippen molar-refractivity contribution in [3.63, 3.8) is 0 Å². The third kappa shape index (κ3) is 3.72. The van der Waals surface area contributed by atoms with Crippen LogP contribution in [0.5, 0.6) is 0 Å². The molecule has 4 amide bonds. The number of nitrogens with zero attached hydrogens (tertiary/aromatic N) is 2. The van der Waals surface area contributed by atoms with E-state index in [-0.39, 0.29) is 61.1 Å². The summed E-state index contributed by atoms with van der Waals surface area (Å²) in [6.45, 7) is 3.56. The minimum Gasteiger partial charge on any atom is -0.394 e. The zero-order valence-electron chi connectivity index (χ0n) is 18.5. The number of imide groups is 2. The van der Waals surface area contributed by atoms with Crippen LogP contribution >= 0.6 is 0 Å². The van der Waals surface area contributed by atoms with E-state index in [1.54, 1.807) is 0 Å². The Morgan fingerprint density at radius 1 is 0.788 bits per heavy atom. The molecule has 174 valence electrons. The minimum atomic E-state index is -0.668. The first-order chi connectivity index (χ1) is 15.8. The SMILES string of the molecule is CC(C)CC(CO)N1C(=O)c2ccc3c4c(ccc(c24)C1=O)C(=O)N(CCOCCO)C3=O. The van der Waals surface area contributed by atoms with Gasteiger partial charge in [0.2, 0.25) is 0 Å². The third-order valence-corrected chi connectivity index (χ3v) is 6.02. The monoisotopic (exact) mass is 454 g/mol. The summed E-state index contributed by atoms with van der Waals surface area (Å²) in [7, 11) is 0. The zero-order valence-corrected chi connectivity index (χ0v) is 18.5. The number of hydrogen-bond donors (Lipinski definition) is 2. The molecule has 33 heavy (non-hydrogen) atoms. The predicted molar refractivity (Wildman–Crippen MR) is 118 cm³/mol. The number of carbonyl (C=O) groups is 4. The van der Waals surface area contributed by atoms with Gasteiger partial charge in [-0.2, -0.15) is 0 Å². The molecule has 2 aromatic rings. The molecule has 9 nitrogen and oxygen atoms in total. The van der Waals surface area contributed by atoms with E-state index in [2.05, 4.69) is 0 Å². The van der Waals surface area contributed by atoms with Crippen LogP contribution in [-0.2, 0) is 4.74 Å². The van der Waals surface area contributed by atoms with Crippen molar-refractivity contribution < 1.29 is 34.1 Å². The Kier molecular flexibility index (Phi) is 6.29. The van der Waals surface area contributed by atoms with Crippen molar-refractivity contribution >= 4 is 34.4 Å². The van der Waals surface area contributed by atoms with Crippen molar-refractivity contribution in [2.45, 2.75) is 26.3 Å². The highest BCUT2D eigenvalue weighted by Gasteiger charge is 2.41. The van der Waals surface area contributed by atoms with Crippen LogP contribution in [0.4, 0.5) is 0 Å². The second-order valence-corrected chi connectivity index (χ2v) is 8.62. The largest absolute Gasteiger partial charge is 0.394 e. The second-order valence-electron chi connectivity index (χ2n) is 8.62. The molecular weight excluding hydrogens is 428 g/mol. The van der Waals surface area contributed by atoms with Crippen LogP contribution in [0, 0.1) is 5.92 Å². The molecular formula is C24H26N2O7. The quantitative estimate of drug-likeness (QED) is 0.434. The molecule has 0 aliphatic carbocycles. The molecule has 2 heterocycles. The number of carbonyl (C=O) groups excluding carboxylic acids is 4. The summed E-state index contributed by atoms with van der Waals surface area (Å²) in [6.07, 6.45) is 0.451. The summed E-state index contributed by atoms with van der Waals surface area (Å²) in [5.74, 6) is -1.99. The fraction of sp³-hybridized carbons (Fsp3) is 0.417. The van der Waals surface area contributed by atoms with Gasteiger partial charge in [-0.3, -0.25) is 29.0 Å². The van der Waals surface area contributed by atoms with Gasteiger partial charge < -0.3 is 14.9 Å². The van der Waals surface area contributed by atoms with Crippen molar-refractivity contribution in [2.75, 3.05) is 33.0 Å². The summed E-state index contributed by atoms with van der Waals surface area (Å²) < 4.78 is 5.20. The number of amides is 4. The van der Waals surface area contributed by atoms with E-state index in [1.807, 2.05) is 13.8 Å². The lowest BCUT2D eigenvalue weighted by Crippen LogP contribution is -2.49. The van der Waals surface area contributed by atoms with Crippen LogP contribution in [0.1, 0.15) is 61.7 Å². The lowest BCUT2D eigenvalue weighted by atomic mass is 9.85. The van der Waals surface area contributed by atoms with Gasteiger partial charge >= 0.3 is 0 Å². The van der Waals surface area contributed by atoms with Crippen LogP contribution in [0.15, 0.2) is 24.3 Å². The highest BCUT2D eigenvalue weighted by Crippen LogP contribution is 2.38. The van der Waals surface area contributed by atoms with Crippen molar-refractivity contribution in [1.82, 2.24) is 9.80 Å². The molecule has 4 rings (SSSR count). The number of hydrogen-bond acceptors (Lipinski definition) is 7. The second kappa shape index (κ2) is 9.01. The highest BCUT2D eigenvalue weighted by molar-refractivity contribution is 6.33. The van der Waals surface area contributed by atoms with Crippen LogP contribution < -0.4 is 0 Å². The average molecular weight is 454 g/mol. The molecule has 0 saturated carbocycles. The molecule has 2 aromatic carbocycles. The first kappa shape index (κ1) is 23.0. The lowest BCUT2D eigenvalue weighted by molar-refractivity contribution is 0.0437. The van der Waals surface area contributed by atoms with Crippen molar-refractivity contribution in [3.8, 4) is 0 Å². The molecule has 2 aliphatic heterocycles. The van der Waals surface area contributed by atoms with Gasteiger partial charge in [-0.1, -0.05) is 13.8 Å². The third-order valence-electron chi connectivity index (χ3n) is 6.02. The van der Waals surface area contributed by atoms with E-state index in [0.29, 0.717) is 17.2 Å². The highest BCUT2D eigenvalue weighted by atomic mass is 16.5. The normalized spacial score (nSPS) is 16.4. The Morgan fingerprint density at radius 2 is 1.27 bits per heavy atom. The maximum atomic E-state index is 13.3. The van der Waals surface area contributed by atoms with Gasteiger partial charge in [0.25, 0.3) is 23.6 Å². The van der Waals surface area contributed by atoms with E-state index >= 15 is 0 Å². The van der Waals surface area contributed by atoms with Gasteiger partial charge in [-0.05, 0) is 36.6 Å². The van der Waals surface area contributed by atoms with E-state index in [0.717, 1.165) is 9.80 Å². The fourth-order valence-electron chi connectivity index (χ4n) is 4.61. The number of aliphatic hydroxyl groups is 2. The van der Waals surface area contributed by atoms with E-state index in [9.17, 15) is 24.3 Å². The molecule has 9 heteroatoms. The predicted octanol–water partition coefficient (Wildman–Crippen LogP) is 1.45. The first-order valence-electron chi connectivity index (χ1n) is 10.9. The number of ether oxygens (including phenoxy) is 1. The van der Waals surface area contributed by atoms with Crippen molar-refractivity contribution in [1.29, 1.82) is 0 Å². The molecule has 1 atom stereocenters. The standard InChI is InChI=1S/C24H26N2O7/c1-13(2)11-14(12-28)26-23(31)17-5-3-15-19-16(4-6-18(20(17)19)24(26)32)22(30)25(21(15)29)7-9-33-10-8-27/h3-6,13-14,27-28H,7-12H2,1-2H3. The average Bonchev–Trinajstić information content (AvgIpc) is 2.79. The van der Waals surface area contributed by atoms with Gasteiger partial charge in [0, 0.05) is 33.0 Å². The van der Waals surface area contributed by atoms with Gasteiger partial charge in [-0.25, -0.2) is 0 Å². The summed E-state index contributed by atoms with van der Waals surface area (Å²) in [6, 6.07) is 5.35. The molecule has 0 spiro atoms. The molecule has 2 N–H and O–H groups in total. The minimum absolute atomic E-state index is 0.0150. The van der Waals surface area contributed by atoms with Crippen molar-refractivity contribution in [3.05, 3.63) is 46.5 Å². The van der Waals surface area contributed by atoms with Gasteiger partial charge in [0.05, 0.1) is 39.0 Å². The molecule has 0 fully saturated rings. The smallest absolute Gasteiger partial charge is 0.261 e. The first-order valence-corrected chi connectivity index (χ1v) is 10.9. The summed E-state index contributed by atoms with van der Waals surface area (Å²) >= 11 is 0. The molecule has 2 aliphatic rings. The maximum Gasteiger partial charge on any atom is 0.261 e. The van der Waals surface area contributed by atoms with Crippen LogP contribution in [0.3, 0.4) is 0 Å². The zero-order chi connectivity index (χ0) is 23.9. The van der Waals surface area contributed by atoms with Gasteiger partial charge in [0.1, 0.15) is 0 Å². The molecule has 0 bridgehead atoms. The molecule has 1 unspecified atom stereocenters. The molecule has 0 saturated heterocycles. The van der Waals surface area contributed by atoms with Crippen LogP contribution in [-0.4, -0.2) is 82.7 Å². The van der Waals surface area contributed by atoms with Crippen molar-refractivity contribution in [2.24, 2.45) is 5.92 Å². The summed E-state index contributed by atoms with van der Waals surface area (Å²) in [4.78, 5) is 55.0. The van der Waals surface area contributed by atoms with Crippen LogP contribution in [0.2, 0.25) is 0 Å². The Hall–Kier alpha value is -3.14. The van der Waals surface area contributed by atoms with E-state index in [4.69, 9.17) is 9.84 Å². The van der Waals surface area contributed by atoms with E-state index in [1.165, 1.54) is 24.3 Å². The Morgan fingerprint density at radius 3 is 1.70 bits per heavy atom. The van der Waals surface area contributed by atoms with Gasteiger partial charge in [-0.15, -0.1) is 0 Å². The maximum absolute atomic E-state index is 13.3. The summed E-state index contributed by atoms with van der Waals surface area (Å²) in [5.41, 5.74) is 0.935. The number of benzene rings is 2. The lowest BCUT2D eigenvalue weighted by Gasteiger charge is -2.35. The molecule has 0 aromatic heterocycles. The molecule has 0 radical (unpaired) electrons. The van der Waals surface area contributed by atoms with E-state index < -0.39 is 29.7 Å². The number of aliphatic hydroxyl groups excluding tert-OH is 2.